The van der Waals surface area contributed by atoms with Gasteiger partial charge in [-0.3, -0.25) is 0 Å². The molecule has 0 aliphatic rings. The highest BCUT2D eigenvalue weighted by atomic mass is 79.9. The molecule has 1 heterocycles. The molecular weight excluding hydrogens is 595 g/mol. The van der Waals surface area contributed by atoms with E-state index in [2.05, 4.69) is 119 Å². The van der Waals surface area contributed by atoms with Crippen LogP contribution in [0, 0.1) is 0 Å². The van der Waals surface area contributed by atoms with Gasteiger partial charge in [0.1, 0.15) is 5.75 Å². The SMILES string of the molecule is CCn1c2ccccc2c2cc(P(=Nc3ccc(Br)cc3)(Oc3cccc(Br)c3)C(C)(C)C)ccc21. The highest BCUT2D eigenvalue weighted by Gasteiger charge is 2.39. The molecule has 0 saturated heterocycles. The smallest absolute Gasteiger partial charge is 0.173 e. The predicted molar refractivity (Wildman–Crippen MR) is 162 cm³/mol. The van der Waals surface area contributed by atoms with Crippen LogP contribution in [-0.2, 0) is 6.54 Å². The standard InChI is InChI=1S/C30H29Br2N2OP/c1-5-34-28-12-7-6-11-26(28)27-20-25(17-18-29(27)34)36(30(2,3)4,33-23-15-13-21(31)14-16-23)35-24-10-8-9-22(32)19-24/h6-20H,5H2,1-4H3. The Hall–Kier alpha value is -2.33. The van der Waals surface area contributed by atoms with E-state index in [-0.39, 0.29) is 5.16 Å². The van der Waals surface area contributed by atoms with Gasteiger partial charge >= 0.3 is 0 Å². The third-order valence-electron chi connectivity index (χ3n) is 6.45. The first kappa shape index (κ1) is 25.3. The maximum atomic E-state index is 7.06. The van der Waals surface area contributed by atoms with E-state index in [4.69, 9.17) is 9.27 Å². The van der Waals surface area contributed by atoms with Gasteiger partial charge in [0, 0.05) is 47.8 Å². The minimum atomic E-state index is -2.61. The van der Waals surface area contributed by atoms with E-state index >= 15 is 0 Å². The Bertz CT molecular complexity index is 1610. The number of halogens is 2. The molecule has 5 rings (SSSR count). The average molecular weight is 624 g/mol. The molecule has 0 aliphatic heterocycles. The molecule has 0 spiro atoms. The largest absolute Gasteiger partial charge is 0.455 e. The summed E-state index contributed by atoms with van der Waals surface area (Å²) < 4.78 is 16.9. The Labute approximate surface area is 229 Å². The van der Waals surface area contributed by atoms with Crippen LogP contribution < -0.4 is 9.83 Å². The monoisotopic (exact) mass is 622 g/mol. The molecule has 184 valence electrons. The van der Waals surface area contributed by atoms with Crippen molar-refractivity contribution in [1.82, 2.24) is 4.57 Å². The third-order valence-corrected chi connectivity index (χ3v) is 11.3. The fourth-order valence-electron chi connectivity index (χ4n) is 4.72. The van der Waals surface area contributed by atoms with Gasteiger partial charge in [-0.1, -0.05) is 76.9 Å². The van der Waals surface area contributed by atoms with E-state index in [1.54, 1.807) is 0 Å². The number of benzene rings is 4. The van der Waals surface area contributed by atoms with E-state index in [0.29, 0.717) is 0 Å². The van der Waals surface area contributed by atoms with Gasteiger partial charge in [0.25, 0.3) is 0 Å². The Kier molecular flexibility index (Phi) is 6.93. The normalized spacial score (nSPS) is 13.6. The van der Waals surface area contributed by atoms with Crippen LogP contribution in [0.2, 0.25) is 0 Å². The van der Waals surface area contributed by atoms with Crippen molar-refractivity contribution in [1.29, 1.82) is 0 Å². The van der Waals surface area contributed by atoms with E-state index < -0.39 is 7.28 Å². The molecule has 1 aromatic heterocycles. The van der Waals surface area contributed by atoms with Crippen molar-refractivity contribution in [3.63, 3.8) is 0 Å². The summed E-state index contributed by atoms with van der Waals surface area (Å²) in [6.45, 7) is 9.83. The minimum Gasteiger partial charge on any atom is -0.455 e. The second-order valence-electron chi connectivity index (χ2n) is 9.83. The van der Waals surface area contributed by atoms with Gasteiger partial charge < -0.3 is 9.09 Å². The van der Waals surface area contributed by atoms with Crippen LogP contribution in [-0.4, -0.2) is 9.72 Å². The Balaban J connectivity index is 1.84. The zero-order chi connectivity index (χ0) is 25.5. The van der Waals surface area contributed by atoms with Crippen LogP contribution in [0.1, 0.15) is 27.7 Å². The summed E-state index contributed by atoms with van der Waals surface area (Å²) in [6, 6.07) is 31.7. The molecule has 4 aromatic carbocycles. The molecule has 0 saturated carbocycles. The summed E-state index contributed by atoms with van der Waals surface area (Å²) in [6.07, 6.45) is 0. The number of nitrogens with zero attached hydrogens (tertiary/aromatic N) is 2. The van der Waals surface area contributed by atoms with E-state index in [1.807, 2.05) is 36.4 Å². The second kappa shape index (κ2) is 9.85. The summed E-state index contributed by atoms with van der Waals surface area (Å²) in [5.41, 5.74) is 3.40. The average Bonchev–Trinajstić information content (AvgIpc) is 3.17. The molecule has 0 amide bonds. The van der Waals surface area contributed by atoms with Crippen molar-refractivity contribution < 1.29 is 4.52 Å². The third kappa shape index (κ3) is 4.58. The summed E-state index contributed by atoms with van der Waals surface area (Å²) in [4.78, 5) is 0. The first-order valence-corrected chi connectivity index (χ1v) is 15.3. The number of para-hydroxylation sites is 1. The molecule has 0 N–H and O–H groups in total. The highest BCUT2D eigenvalue weighted by Crippen LogP contribution is 2.62. The van der Waals surface area contributed by atoms with Crippen molar-refractivity contribution in [3.8, 4) is 5.75 Å². The topological polar surface area (TPSA) is 26.5 Å². The zero-order valence-corrected chi connectivity index (χ0v) is 24.9. The fourth-order valence-corrected chi connectivity index (χ4v) is 8.43. The lowest BCUT2D eigenvalue weighted by Gasteiger charge is -2.37. The number of aryl methyl sites for hydroxylation is 1. The number of hydrogen-bond acceptors (Lipinski definition) is 2. The number of rotatable bonds is 5. The fraction of sp³-hybridized carbons (Fsp3) is 0.200. The Morgan fingerprint density at radius 2 is 1.50 bits per heavy atom. The molecule has 6 heteroatoms. The van der Waals surface area contributed by atoms with Crippen molar-refractivity contribution in [2.45, 2.75) is 39.4 Å². The van der Waals surface area contributed by atoms with Crippen LogP contribution >= 0.6 is 39.1 Å². The van der Waals surface area contributed by atoms with Gasteiger partial charge in [-0.25, -0.2) is 4.74 Å². The molecule has 0 fully saturated rings. The van der Waals surface area contributed by atoms with Crippen LogP contribution in [0.3, 0.4) is 0 Å². The number of fused-ring (bicyclic) bond motifs is 3. The second-order valence-corrected chi connectivity index (χ2v) is 15.1. The Morgan fingerprint density at radius 1 is 0.778 bits per heavy atom. The van der Waals surface area contributed by atoms with E-state index in [0.717, 1.165) is 32.2 Å². The molecule has 1 atom stereocenters. The van der Waals surface area contributed by atoms with Crippen molar-refractivity contribution in [3.05, 3.63) is 99.9 Å². The maximum Gasteiger partial charge on any atom is 0.173 e. The van der Waals surface area contributed by atoms with Gasteiger partial charge in [-0.2, -0.15) is 0 Å². The lowest BCUT2D eigenvalue weighted by molar-refractivity contribution is 0.571. The van der Waals surface area contributed by atoms with Gasteiger partial charge in [-0.15, -0.1) is 0 Å². The quantitative estimate of drug-likeness (QED) is 0.179. The first-order chi connectivity index (χ1) is 17.2. The summed E-state index contributed by atoms with van der Waals surface area (Å²) in [5, 5.41) is 3.36. The molecule has 0 radical (unpaired) electrons. The summed E-state index contributed by atoms with van der Waals surface area (Å²) in [7, 11) is -2.61. The lowest BCUT2D eigenvalue weighted by Crippen LogP contribution is -2.27. The molecule has 0 bridgehead atoms. The molecule has 36 heavy (non-hydrogen) atoms. The molecule has 0 aliphatic carbocycles. The first-order valence-electron chi connectivity index (χ1n) is 12.1. The number of aromatic nitrogens is 1. The van der Waals surface area contributed by atoms with Crippen molar-refractivity contribution in [2.24, 2.45) is 4.74 Å². The predicted octanol–water partition coefficient (Wildman–Crippen LogP) is 10.3. The van der Waals surface area contributed by atoms with Crippen LogP contribution in [0.25, 0.3) is 21.8 Å². The highest BCUT2D eigenvalue weighted by molar-refractivity contribution is 9.10. The maximum absolute atomic E-state index is 7.06. The van der Waals surface area contributed by atoms with Gasteiger partial charge in [0.15, 0.2) is 7.28 Å². The Morgan fingerprint density at radius 3 is 2.19 bits per heavy atom. The zero-order valence-electron chi connectivity index (χ0n) is 20.9. The summed E-state index contributed by atoms with van der Waals surface area (Å²) >= 11 is 7.17. The molecule has 1 unspecified atom stereocenters. The number of hydrogen-bond donors (Lipinski definition) is 0. The van der Waals surface area contributed by atoms with Crippen LogP contribution in [0.5, 0.6) is 5.75 Å². The van der Waals surface area contributed by atoms with Gasteiger partial charge in [0.05, 0.1) is 5.69 Å². The van der Waals surface area contributed by atoms with E-state index in [1.165, 1.54) is 21.8 Å². The molecule has 3 nitrogen and oxygen atoms in total. The lowest BCUT2D eigenvalue weighted by atomic mass is 10.1. The van der Waals surface area contributed by atoms with Gasteiger partial charge in [0.2, 0.25) is 0 Å². The van der Waals surface area contributed by atoms with Gasteiger partial charge in [-0.05, 0) is 73.7 Å². The van der Waals surface area contributed by atoms with E-state index in [9.17, 15) is 0 Å². The van der Waals surface area contributed by atoms with Crippen molar-refractivity contribution >= 4 is 71.9 Å². The van der Waals surface area contributed by atoms with Crippen LogP contribution in [0.4, 0.5) is 5.69 Å². The minimum absolute atomic E-state index is 0.265. The molecular formula is C30H29Br2N2OP. The van der Waals surface area contributed by atoms with Crippen molar-refractivity contribution in [2.75, 3.05) is 0 Å². The molecule has 5 aromatic rings. The summed E-state index contributed by atoms with van der Waals surface area (Å²) in [5.74, 6) is 0.810. The van der Waals surface area contributed by atoms with Crippen LogP contribution in [0.15, 0.2) is 105 Å².